The molecule has 0 radical (unpaired) electrons. The maximum Gasteiger partial charge on any atom is 0.270 e. The van der Waals surface area contributed by atoms with Crippen molar-refractivity contribution in [3.8, 4) is 11.3 Å². The molecule has 2 heterocycles. The minimum Gasteiger partial charge on any atom is -0.307 e. The molecule has 1 aromatic heterocycles. The number of aromatic nitrogens is 2. The number of rotatable bonds is 3. The van der Waals surface area contributed by atoms with Crippen molar-refractivity contribution in [2.24, 2.45) is 0 Å². The molecule has 1 aliphatic rings. The van der Waals surface area contributed by atoms with E-state index in [1.807, 2.05) is 18.2 Å². The third-order valence-corrected chi connectivity index (χ3v) is 4.42. The summed E-state index contributed by atoms with van der Waals surface area (Å²) in [6.45, 7) is 2.14. The number of nitro benzene ring substituents is 1. The predicted octanol–water partition coefficient (Wildman–Crippen LogP) is 4.13. The first-order valence-corrected chi connectivity index (χ1v) is 8.08. The summed E-state index contributed by atoms with van der Waals surface area (Å²) in [4.78, 5) is 21.8. The molecule has 6 nitrogen and oxygen atoms in total. The standard InChI is InChI=1S/C19H16N4O2/c1-13-11-15-5-2-3-8-18(15)22(13)19-20-10-9-17(21-19)14-6-4-7-16(12-14)23(24)25/h2-10,12-13H,11H2,1H3. The molecule has 0 aliphatic carbocycles. The highest BCUT2D eigenvalue weighted by Gasteiger charge is 2.28. The van der Waals surface area contributed by atoms with Crippen molar-refractivity contribution >= 4 is 17.3 Å². The van der Waals surface area contributed by atoms with Gasteiger partial charge in [-0.1, -0.05) is 30.3 Å². The highest BCUT2D eigenvalue weighted by Crippen LogP contribution is 2.36. The zero-order chi connectivity index (χ0) is 17.4. The summed E-state index contributed by atoms with van der Waals surface area (Å²) in [6, 6.07) is 16.8. The molecule has 0 amide bonds. The zero-order valence-corrected chi connectivity index (χ0v) is 13.7. The lowest BCUT2D eigenvalue weighted by Gasteiger charge is -2.22. The topological polar surface area (TPSA) is 72.2 Å². The van der Waals surface area contributed by atoms with Crippen LogP contribution in [0, 0.1) is 10.1 Å². The maximum atomic E-state index is 11.0. The van der Waals surface area contributed by atoms with Crippen LogP contribution >= 0.6 is 0 Å². The Morgan fingerprint density at radius 1 is 1.16 bits per heavy atom. The van der Waals surface area contributed by atoms with E-state index in [0.29, 0.717) is 17.2 Å². The number of fused-ring (bicyclic) bond motifs is 1. The van der Waals surface area contributed by atoms with Gasteiger partial charge in [0.2, 0.25) is 5.95 Å². The number of hydrogen-bond donors (Lipinski definition) is 0. The monoisotopic (exact) mass is 332 g/mol. The van der Waals surface area contributed by atoms with Crippen LogP contribution in [0.3, 0.4) is 0 Å². The van der Waals surface area contributed by atoms with Crippen LogP contribution in [0.25, 0.3) is 11.3 Å². The fraction of sp³-hybridized carbons (Fsp3) is 0.158. The van der Waals surface area contributed by atoms with E-state index in [2.05, 4.69) is 33.9 Å². The lowest BCUT2D eigenvalue weighted by molar-refractivity contribution is -0.384. The van der Waals surface area contributed by atoms with Gasteiger partial charge in [-0.05, 0) is 31.0 Å². The van der Waals surface area contributed by atoms with Crippen LogP contribution < -0.4 is 4.90 Å². The summed E-state index contributed by atoms with van der Waals surface area (Å²) in [5.74, 6) is 0.612. The van der Waals surface area contributed by atoms with Gasteiger partial charge in [-0.15, -0.1) is 0 Å². The van der Waals surface area contributed by atoms with Crippen LogP contribution in [0.4, 0.5) is 17.3 Å². The molecular formula is C19H16N4O2. The largest absolute Gasteiger partial charge is 0.307 e. The van der Waals surface area contributed by atoms with Gasteiger partial charge in [0.05, 0.1) is 10.6 Å². The van der Waals surface area contributed by atoms with E-state index in [1.54, 1.807) is 18.3 Å². The van der Waals surface area contributed by atoms with Crippen molar-refractivity contribution in [2.45, 2.75) is 19.4 Å². The van der Waals surface area contributed by atoms with Crippen LogP contribution in [0.2, 0.25) is 0 Å². The molecule has 0 bridgehead atoms. The highest BCUT2D eigenvalue weighted by molar-refractivity contribution is 5.69. The molecule has 0 N–H and O–H groups in total. The average molecular weight is 332 g/mol. The van der Waals surface area contributed by atoms with Gasteiger partial charge in [0.15, 0.2) is 0 Å². The molecular weight excluding hydrogens is 316 g/mol. The quantitative estimate of drug-likeness (QED) is 0.532. The van der Waals surface area contributed by atoms with E-state index < -0.39 is 4.92 Å². The van der Waals surface area contributed by atoms with Crippen LogP contribution in [0.1, 0.15) is 12.5 Å². The lowest BCUT2D eigenvalue weighted by atomic mass is 10.1. The first-order chi connectivity index (χ1) is 12.1. The van der Waals surface area contributed by atoms with Crippen molar-refractivity contribution in [1.82, 2.24) is 9.97 Å². The molecule has 2 aromatic carbocycles. The van der Waals surface area contributed by atoms with Crippen LogP contribution in [-0.4, -0.2) is 20.9 Å². The second-order valence-corrected chi connectivity index (χ2v) is 6.10. The minimum absolute atomic E-state index is 0.0533. The molecule has 0 saturated carbocycles. The van der Waals surface area contributed by atoms with E-state index in [1.165, 1.54) is 17.7 Å². The molecule has 4 rings (SSSR count). The molecule has 0 spiro atoms. The first kappa shape index (κ1) is 15.3. The number of hydrogen-bond acceptors (Lipinski definition) is 5. The van der Waals surface area contributed by atoms with Gasteiger partial charge in [-0.2, -0.15) is 0 Å². The highest BCUT2D eigenvalue weighted by atomic mass is 16.6. The Kier molecular flexibility index (Phi) is 3.65. The van der Waals surface area contributed by atoms with E-state index in [9.17, 15) is 10.1 Å². The smallest absolute Gasteiger partial charge is 0.270 e. The summed E-state index contributed by atoms with van der Waals surface area (Å²) < 4.78 is 0. The van der Waals surface area contributed by atoms with E-state index >= 15 is 0 Å². The Labute approximate surface area is 144 Å². The second kappa shape index (κ2) is 5.98. The number of non-ortho nitro benzene ring substituents is 1. The van der Waals surface area contributed by atoms with Crippen molar-refractivity contribution in [3.05, 3.63) is 76.5 Å². The first-order valence-electron chi connectivity index (χ1n) is 8.08. The Morgan fingerprint density at radius 3 is 2.84 bits per heavy atom. The molecule has 1 aliphatic heterocycles. The summed E-state index contributed by atoms with van der Waals surface area (Å²) in [7, 11) is 0. The van der Waals surface area contributed by atoms with Crippen LogP contribution in [-0.2, 0) is 6.42 Å². The van der Waals surface area contributed by atoms with E-state index in [-0.39, 0.29) is 11.7 Å². The van der Waals surface area contributed by atoms with Gasteiger partial charge in [-0.25, -0.2) is 9.97 Å². The average Bonchev–Trinajstić information content (AvgIpc) is 2.97. The summed E-state index contributed by atoms with van der Waals surface area (Å²) in [6.07, 6.45) is 2.64. The fourth-order valence-electron chi connectivity index (χ4n) is 3.27. The summed E-state index contributed by atoms with van der Waals surface area (Å²) in [5.41, 5.74) is 3.83. The van der Waals surface area contributed by atoms with E-state index in [0.717, 1.165) is 12.1 Å². The zero-order valence-electron chi connectivity index (χ0n) is 13.7. The Bertz CT molecular complexity index is 957. The van der Waals surface area contributed by atoms with Gasteiger partial charge in [0.25, 0.3) is 5.69 Å². The van der Waals surface area contributed by atoms with Gasteiger partial charge in [0, 0.05) is 35.6 Å². The number of anilines is 2. The molecule has 1 unspecified atom stereocenters. The fourth-order valence-corrected chi connectivity index (χ4v) is 3.27. The van der Waals surface area contributed by atoms with Gasteiger partial charge < -0.3 is 4.90 Å². The lowest BCUT2D eigenvalue weighted by Crippen LogP contribution is -2.25. The number of para-hydroxylation sites is 1. The summed E-state index contributed by atoms with van der Waals surface area (Å²) >= 11 is 0. The molecule has 1 atom stereocenters. The molecule has 6 heteroatoms. The predicted molar refractivity (Wildman–Crippen MR) is 95.9 cm³/mol. The molecule has 0 saturated heterocycles. The minimum atomic E-state index is -0.398. The van der Waals surface area contributed by atoms with Crippen LogP contribution in [0.15, 0.2) is 60.8 Å². The van der Waals surface area contributed by atoms with Crippen molar-refractivity contribution in [1.29, 1.82) is 0 Å². The van der Waals surface area contributed by atoms with Crippen molar-refractivity contribution in [3.63, 3.8) is 0 Å². The van der Waals surface area contributed by atoms with E-state index in [4.69, 9.17) is 0 Å². The number of benzene rings is 2. The molecule has 25 heavy (non-hydrogen) atoms. The van der Waals surface area contributed by atoms with Gasteiger partial charge in [0.1, 0.15) is 0 Å². The van der Waals surface area contributed by atoms with Gasteiger partial charge >= 0.3 is 0 Å². The number of nitrogens with zero attached hydrogens (tertiary/aromatic N) is 4. The molecule has 124 valence electrons. The second-order valence-electron chi connectivity index (χ2n) is 6.10. The third kappa shape index (κ3) is 2.71. The maximum absolute atomic E-state index is 11.0. The molecule has 0 fully saturated rings. The third-order valence-electron chi connectivity index (χ3n) is 4.42. The Morgan fingerprint density at radius 2 is 2.00 bits per heavy atom. The van der Waals surface area contributed by atoms with Crippen molar-refractivity contribution in [2.75, 3.05) is 4.90 Å². The van der Waals surface area contributed by atoms with Gasteiger partial charge in [-0.3, -0.25) is 10.1 Å². The van der Waals surface area contributed by atoms with Crippen molar-refractivity contribution < 1.29 is 4.92 Å². The SMILES string of the molecule is CC1Cc2ccccc2N1c1nccc(-c2cccc([N+](=O)[O-])c2)n1. The number of nitro groups is 1. The van der Waals surface area contributed by atoms with Crippen LogP contribution in [0.5, 0.6) is 0 Å². The normalized spacial score (nSPS) is 15.9. The molecule has 3 aromatic rings. The Hall–Kier alpha value is -3.28. The summed E-state index contributed by atoms with van der Waals surface area (Å²) in [5, 5.41) is 11.0. The Balaban J connectivity index is 1.76.